The Morgan fingerprint density at radius 1 is 1.15 bits per heavy atom. The summed E-state index contributed by atoms with van der Waals surface area (Å²) in [6, 6.07) is 9.83. The molecule has 0 fully saturated rings. The van der Waals surface area contributed by atoms with Gasteiger partial charge < -0.3 is 5.11 Å². The average Bonchev–Trinajstić information content (AvgIpc) is 2.94. The molecule has 1 aliphatic rings. The lowest BCUT2D eigenvalue weighted by atomic mass is 9.96. The minimum Gasteiger partial charge on any atom is -0.365 e. The summed E-state index contributed by atoms with van der Waals surface area (Å²) in [4.78, 5) is 12.7. The zero-order chi connectivity index (χ0) is 19.1. The van der Waals surface area contributed by atoms with Crippen LogP contribution in [0.4, 0.5) is 17.6 Å². The molecule has 26 heavy (non-hydrogen) atoms. The van der Waals surface area contributed by atoms with Crippen molar-refractivity contribution in [1.29, 1.82) is 0 Å². The van der Waals surface area contributed by atoms with Crippen LogP contribution < -0.4 is 0 Å². The van der Waals surface area contributed by atoms with Gasteiger partial charge in [-0.05, 0) is 24.3 Å². The summed E-state index contributed by atoms with van der Waals surface area (Å²) in [7, 11) is 0. The molecule has 4 nitrogen and oxygen atoms in total. The predicted octanol–water partition coefficient (Wildman–Crippen LogP) is 4.09. The molecule has 1 atom stereocenters. The molecule has 0 unspecified atom stereocenters. The van der Waals surface area contributed by atoms with E-state index in [1.165, 1.54) is 18.2 Å². The van der Waals surface area contributed by atoms with E-state index in [4.69, 9.17) is 11.6 Å². The highest BCUT2D eigenvalue weighted by atomic mass is 35.5. The highest BCUT2D eigenvalue weighted by Gasteiger charge is 2.53. The van der Waals surface area contributed by atoms with Crippen LogP contribution in [0, 0.1) is 5.82 Å². The van der Waals surface area contributed by atoms with E-state index < -0.39 is 35.8 Å². The Hall–Kier alpha value is -2.45. The van der Waals surface area contributed by atoms with Gasteiger partial charge in [-0.3, -0.25) is 4.79 Å². The second-order valence-electron chi connectivity index (χ2n) is 5.64. The molecule has 1 amide bonds. The van der Waals surface area contributed by atoms with Gasteiger partial charge in [0.1, 0.15) is 11.5 Å². The topological polar surface area (TPSA) is 52.9 Å². The standard InChI is InChI=1S/C17H11ClF4N2O2/c18-13-4-2-1-3-12(13)15(25)24-16(26,9-14(23-24)17(20,21)22)10-5-7-11(19)8-6-10/h1-8,26H,9H2/t16-/m1/s1. The normalized spacial score (nSPS) is 20.2. The number of alkyl halides is 3. The van der Waals surface area contributed by atoms with Crippen LogP contribution in [0.5, 0.6) is 0 Å². The molecule has 3 rings (SSSR count). The maximum absolute atomic E-state index is 13.1. The molecule has 0 saturated carbocycles. The van der Waals surface area contributed by atoms with Gasteiger partial charge in [-0.2, -0.15) is 23.3 Å². The van der Waals surface area contributed by atoms with E-state index in [0.29, 0.717) is 5.01 Å². The van der Waals surface area contributed by atoms with E-state index in [0.717, 1.165) is 24.3 Å². The maximum Gasteiger partial charge on any atom is 0.431 e. The first kappa shape index (κ1) is 18.3. The first-order valence-corrected chi connectivity index (χ1v) is 7.73. The van der Waals surface area contributed by atoms with Crippen LogP contribution in [0.25, 0.3) is 0 Å². The Bertz CT molecular complexity index is 883. The number of halogens is 5. The summed E-state index contributed by atoms with van der Waals surface area (Å²) in [6.07, 6.45) is -5.83. The molecule has 0 aromatic heterocycles. The monoisotopic (exact) mass is 386 g/mol. The largest absolute Gasteiger partial charge is 0.431 e. The highest BCUT2D eigenvalue weighted by Crippen LogP contribution is 2.40. The molecule has 0 bridgehead atoms. The number of aliphatic hydroxyl groups is 1. The molecule has 1 aliphatic heterocycles. The molecular weight excluding hydrogens is 376 g/mol. The molecule has 136 valence electrons. The van der Waals surface area contributed by atoms with Crippen molar-refractivity contribution in [3.8, 4) is 0 Å². The number of hydrogen-bond donors (Lipinski definition) is 1. The van der Waals surface area contributed by atoms with Crippen molar-refractivity contribution in [2.45, 2.75) is 18.3 Å². The van der Waals surface area contributed by atoms with Crippen molar-refractivity contribution in [2.24, 2.45) is 5.10 Å². The Balaban J connectivity index is 2.10. The van der Waals surface area contributed by atoms with Crippen molar-refractivity contribution >= 4 is 23.2 Å². The fourth-order valence-electron chi connectivity index (χ4n) is 2.61. The summed E-state index contributed by atoms with van der Waals surface area (Å²) in [6.45, 7) is 0. The average molecular weight is 387 g/mol. The molecule has 0 aliphatic carbocycles. The highest BCUT2D eigenvalue weighted by molar-refractivity contribution is 6.33. The number of nitrogens with zero attached hydrogens (tertiary/aromatic N) is 2. The minimum absolute atomic E-state index is 0.00499. The number of hydrogen-bond acceptors (Lipinski definition) is 3. The summed E-state index contributed by atoms with van der Waals surface area (Å²) in [5.41, 5.74) is -3.98. The SMILES string of the molecule is O=C(c1ccccc1Cl)N1N=C(C(F)(F)F)C[C@@]1(O)c1ccc(F)cc1. The third kappa shape index (κ3) is 3.17. The maximum atomic E-state index is 13.1. The van der Waals surface area contributed by atoms with Crippen LogP contribution in [0.2, 0.25) is 5.02 Å². The molecule has 0 radical (unpaired) electrons. The Kier molecular flexibility index (Phi) is 4.49. The van der Waals surface area contributed by atoms with Gasteiger partial charge in [-0.1, -0.05) is 35.9 Å². The van der Waals surface area contributed by atoms with Crippen LogP contribution in [0.3, 0.4) is 0 Å². The summed E-state index contributed by atoms with van der Waals surface area (Å²) < 4.78 is 52.6. The smallest absolute Gasteiger partial charge is 0.365 e. The first-order valence-electron chi connectivity index (χ1n) is 7.35. The van der Waals surface area contributed by atoms with E-state index in [9.17, 15) is 27.5 Å². The molecule has 0 spiro atoms. The fourth-order valence-corrected chi connectivity index (χ4v) is 2.82. The fraction of sp³-hybridized carbons (Fsp3) is 0.176. The van der Waals surface area contributed by atoms with Gasteiger partial charge >= 0.3 is 6.18 Å². The van der Waals surface area contributed by atoms with Gasteiger partial charge in [0.15, 0.2) is 5.72 Å². The number of amides is 1. The Morgan fingerprint density at radius 3 is 2.35 bits per heavy atom. The van der Waals surface area contributed by atoms with Crippen LogP contribution >= 0.6 is 11.6 Å². The van der Waals surface area contributed by atoms with Gasteiger partial charge in [0.2, 0.25) is 0 Å². The third-order valence-electron chi connectivity index (χ3n) is 3.92. The third-order valence-corrected chi connectivity index (χ3v) is 4.25. The number of carbonyl (C=O) groups excluding carboxylic acids is 1. The van der Waals surface area contributed by atoms with Crippen molar-refractivity contribution in [2.75, 3.05) is 0 Å². The van der Waals surface area contributed by atoms with Crippen LogP contribution in [0.15, 0.2) is 53.6 Å². The lowest BCUT2D eigenvalue weighted by Crippen LogP contribution is -2.43. The number of benzene rings is 2. The van der Waals surface area contributed by atoms with Gasteiger partial charge in [0, 0.05) is 5.56 Å². The molecule has 0 saturated heterocycles. The van der Waals surface area contributed by atoms with E-state index in [1.54, 1.807) is 6.07 Å². The molecule has 2 aromatic rings. The van der Waals surface area contributed by atoms with Crippen LogP contribution in [0.1, 0.15) is 22.3 Å². The zero-order valence-electron chi connectivity index (χ0n) is 13.0. The van der Waals surface area contributed by atoms with Gasteiger partial charge in [-0.15, -0.1) is 0 Å². The molecule has 2 aromatic carbocycles. The van der Waals surface area contributed by atoms with Gasteiger partial charge in [0.05, 0.1) is 17.0 Å². The van der Waals surface area contributed by atoms with Crippen molar-refractivity contribution < 1.29 is 27.5 Å². The molecule has 1 heterocycles. The van der Waals surface area contributed by atoms with Crippen molar-refractivity contribution in [3.63, 3.8) is 0 Å². The van der Waals surface area contributed by atoms with Crippen LogP contribution in [-0.4, -0.2) is 27.9 Å². The zero-order valence-corrected chi connectivity index (χ0v) is 13.7. The molecular formula is C17H11ClF4N2O2. The van der Waals surface area contributed by atoms with Crippen LogP contribution in [-0.2, 0) is 5.72 Å². The molecule has 1 N–H and O–H groups in total. The summed E-state index contributed by atoms with van der Waals surface area (Å²) in [5.74, 6) is -1.65. The number of rotatable bonds is 2. The van der Waals surface area contributed by atoms with Gasteiger partial charge in [0.25, 0.3) is 5.91 Å². The van der Waals surface area contributed by atoms with E-state index in [1.807, 2.05) is 0 Å². The predicted molar refractivity (Wildman–Crippen MR) is 86.0 cm³/mol. The van der Waals surface area contributed by atoms with Gasteiger partial charge in [-0.25, -0.2) is 4.39 Å². The summed E-state index contributed by atoms with van der Waals surface area (Å²) in [5, 5.41) is 14.5. The number of carbonyl (C=O) groups is 1. The van der Waals surface area contributed by atoms with E-state index in [-0.39, 0.29) is 16.1 Å². The Labute approximate surface area is 150 Å². The number of hydrazone groups is 1. The minimum atomic E-state index is -4.84. The lowest BCUT2D eigenvalue weighted by Gasteiger charge is -2.31. The quantitative estimate of drug-likeness (QED) is 0.790. The summed E-state index contributed by atoms with van der Waals surface area (Å²) >= 11 is 5.93. The first-order chi connectivity index (χ1) is 12.1. The lowest BCUT2D eigenvalue weighted by molar-refractivity contribution is -0.0816. The van der Waals surface area contributed by atoms with E-state index in [2.05, 4.69) is 5.10 Å². The van der Waals surface area contributed by atoms with E-state index >= 15 is 0 Å². The van der Waals surface area contributed by atoms with Crippen molar-refractivity contribution in [3.05, 3.63) is 70.5 Å². The van der Waals surface area contributed by atoms with Crippen molar-refractivity contribution in [1.82, 2.24) is 5.01 Å². The molecule has 9 heteroatoms. The second kappa shape index (κ2) is 6.37. The second-order valence-corrected chi connectivity index (χ2v) is 6.05. The Morgan fingerprint density at radius 2 is 1.77 bits per heavy atom.